The van der Waals surface area contributed by atoms with Gasteiger partial charge in [0, 0.05) is 12.6 Å². The molecule has 0 fully saturated rings. The number of carboxylic acids is 1. The van der Waals surface area contributed by atoms with Gasteiger partial charge in [0.2, 0.25) is 0 Å². The van der Waals surface area contributed by atoms with Crippen LogP contribution in [0.3, 0.4) is 0 Å². The highest BCUT2D eigenvalue weighted by Crippen LogP contribution is 2.28. The zero-order valence-corrected chi connectivity index (χ0v) is 20.0. The Bertz CT molecular complexity index is 1030. The van der Waals surface area contributed by atoms with E-state index in [1.807, 2.05) is 42.5 Å². The molecule has 0 saturated carbocycles. The normalized spacial score (nSPS) is 12.8. The summed E-state index contributed by atoms with van der Waals surface area (Å²) < 4.78 is 5.81. The van der Waals surface area contributed by atoms with E-state index in [2.05, 4.69) is 43.4 Å². The molecular formula is C29H35NO4. The van der Waals surface area contributed by atoms with Gasteiger partial charge in [-0.3, -0.25) is 0 Å². The first kappa shape index (κ1) is 25.5. The van der Waals surface area contributed by atoms with E-state index < -0.39 is 12.1 Å². The highest BCUT2D eigenvalue weighted by Gasteiger charge is 2.14. The number of carbonyl (C=O) groups is 1. The smallest absolute Gasteiger partial charge is 0.339 e. The summed E-state index contributed by atoms with van der Waals surface area (Å²) in [6.45, 7) is 5.25. The monoisotopic (exact) mass is 461 g/mol. The standard InChI is InChI=1S/C29H35NO4/c1-3-4-8-17-34-28-19-25(15-16-26(28)29(32)33)23-13-11-22(12-14-23)18-21(2)30-20-27(31)24-9-6-5-7-10-24/h5-7,9-16,19,21,27,30-31H,3-4,8,17-18,20H2,1-2H3,(H,32,33)/t21-,27+/m1/s1. The quantitative estimate of drug-likeness (QED) is 0.277. The van der Waals surface area contributed by atoms with Crippen LogP contribution in [0, 0.1) is 0 Å². The number of carboxylic acid groups (broad SMARTS) is 1. The predicted octanol–water partition coefficient (Wildman–Crippen LogP) is 5.88. The molecule has 0 spiro atoms. The number of ether oxygens (including phenoxy) is 1. The largest absolute Gasteiger partial charge is 0.493 e. The lowest BCUT2D eigenvalue weighted by molar-refractivity contribution is 0.0692. The van der Waals surface area contributed by atoms with Crippen molar-refractivity contribution in [1.82, 2.24) is 5.32 Å². The minimum atomic E-state index is -0.980. The average Bonchev–Trinajstić information content (AvgIpc) is 2.86. The number of nitrogens with one attached hydrogen (secondary N) is 1. The van der Waals surface area contributed by atoms with Crippen LogP contribution in [0.25, 0.3) is 11.1 Å². The molecule has 0 aliphatic rings. The summed E-state index contributed by atoms with van der Waals surface area (Å²) in [6, 6.07) is 23.4. The van der Waals surface area contributed by atoms with Crippen molar-refractivity contribution in [3.63, 3.8) is 0 Å². The minimum Gasteiger partial charge on any atom is -0.493 e. The molecule has 3 aromatic carbocycles. The van der Waals surface area contributed by atoms with Gasteiger partial charge in [-0.1, -0.05) is 80.4 Å². The van der Waals surface area contributed by atoms with E-state index in [-0.39, 0.29) is 11.6 Å². The van der Waals surface area contributed by atoms with Gasteiger partial charge in [0.15, 0.2) is 0 Å². The maximum Gasteiger partial charge on any atom is 0.339 e. The second-order valence-electron chi connectivity index (χ2n) is 8.71. The number of hydrogen-bond acceptors (Lipinski definition) is 4. The molecule has 5 heteroatoms. The molecule has 180 valence electrons. The van der Waals surface area contributed by atoms with Crippen LogP contribution in [-0.2, 0) is 6.42 Å². The molecule has 3 rings (SSSR count). The van der Waals surface area contributed by atoms with Gasteiger partial charge in [0.05, 0.1) is 12.7 Å². The maximum atomic E-state index is 11.6. The predicted molar refractivity (Wildman–Crippen MR) is 136 cm³/mol. The minimum absolute atomic E-state index is 0.189. The van der Waals surface area contributed by atoms with Gasteiger partial charge < -0.3 is 20.3 Å². The molecule has 0 radical (unpaired) electrons. The second kappa shape index (κ2) is 12.9. The fraction of sp³-hybridized carbons (Fsp3) is 0.345. The topological polar surface area (TPSA) is 78.8 Å². The van der Waals surface area contributed by atoms with E-state index in [0.717, 1.165) is 42.4 Å². The number of aliphatic hydroxyl groups excluding tert-OH is 1. The van der Waals surface area contributed by atoms with Crippen LogP contribution < -0.4 is 10.1 Å². The van der Waals surface area contributed by atoms with E-state index in [9.17, 15) is 15.0 Å². The lowest BCUT2D eigenvalue weighted by atomic mass is 9.99. The average molecular weight is 462 g/mol. The van der Waals surface area contributed by atoms with Crippen LogP contribution in [0.5, 0.6) is 5.75 Å². The Morgan fingerprint density at radius 2 is 1.68 bits per heavy atom. The molecule has 2 atom stereocenters. The molecule has 0 heterocycles. The zero-order chi connectivity index (χ0) is 24.3. The van der Waals surface area contributed by atoms with E-state index in [1.54, 1.807) is 6.07 Å². The summed E-state index contributed by atoms with van der Waals surface area (Å²) in [5, 5.41) is 23.2. The van der Waals surface area contributed by atoms with Crippen molar-refractivity contribution in [1.29, 1.82) is 0 Å². The molecule has 0 unspecified atom stereocenters. The molecule has 3 aromatic rings. The Kier molecular flexibility index (Phi) is 9.68. The second-order valence-corrected chi connectivity index (χ2v) is 8.71. The van der Waals surface area contributed by atoms with Gasteiger partial charge in [0.1, 0.15) is 11.3 Å². The van der Waals surface area contributed by atoms with Crippen LogP contribution >= 0.6 is 0 Å². The van der Waals surface area contributed by atoms with Crippen molar-refractivity contribution >= 4 is 5.97 Å². The molecule has 0 aliphatic carbocycles. The highest BCUT2D eigenvalue weighted by atomic mass is 16.5. The van der Waals surface area contributed by atoms with E-state index >= 15 is 0 Å². The van der Waals surface area contributed by atoms with E-state index in [1.165, 1.54) is 5.56 Å². The van der Waals surface area contributed by atoms with Crippen molar-refractivity contribution in [2.45, 2.75) is 51.7 Å². The number of aliphatic hydroxyl groups is 1. The van der Waals surface area contributed by atoms with Crippen LogP contribution in [0.1, 0.15) is 60.7 Å². The van der Waals surface area contributed by atoms with Crippen molar-refractivity contribution in [3.8, 4) is 16.9 Å². The first-order valence-electron chi connectivity index (χ1n) is 12.0. The van der Waals surface area contributed by atoms with Crippen molar-refractivity contribution in [2.75, 3.05) is 13.2 Å². The fourth-order valence-electron chi connectivity index (χ4n) is 3.90. The summed E-state index contributed by atoms with van der Waals surface area (Å²) in [4.78, 5) is 11.6. The van der Waals surface area contributed by atoms with Crippen molar-refractivity contribution in [3.05, 3.63) is 89.5 Å². The molecule has 0 amide bonds. The molecule has 3 N–H and O–H groups in total. The van der Waals surface area contributed by atoms with Crippen LogP contribution in [0.2, 0.25) is 0 Å². The first-order chi connectivity index (χ1) is 16.5. The number of hydrogen-bond donors (Lipinski definition) is 3. The third-order valence-corrected chi connectivity index (χ3v) is 5.89. The molecular weight excluding hydrogens is 426 g/mol. The fourth-order valence-corrected chi connectivity index (χ4v) is 3.90. The first-order valence-corrected chi connectivity index (χ1v) is 12.0. The number of aromatic carboxylic acids is 1. The SMILES string of the molecule is CCCCCOc1cc(-c2ccc(C[C@@H](C)NC[C@H](O)c3ccccc3)cc2)ccc1C(=O)O. The summed E-state index contributed by atoms with van der Waals surface area (Å²) >= 11 is 0. The Labute approximate surface area is 202 Å². The lowest BCUT2D eigenvalue weighted by Crippen LogP contribution is -2.32. The van der Waals surface area contributed by atoms with Gasteiger partial charge in [0.25, 0.3) is 0 Å². The van der Waals surface area contributed by atoms with E-state index in [4.69, 9.17) is 4.74 Å². The summed E-state index contributed by atoms with van der Waals surface area (Å²) in [5.74, 6) is -0.564. The third-order valence-electron chi connectivity index (χ3n) is 5.89. The number of rotatable bonds is 13. The van der Waals surface area contributed by atoms with Crippen molar-refractivity contribution in [2.24, 2.45) is 0 Å². The van der Waals surface area contributed by atoms with Crippen LogP contribution in [0.4, 0.5) is 0 Å². The highest BCUT2D eigenvalue weighted by molar-refractivity contribution is 5.92. The van der Waals surface area contributed by atoms with E-state index in [0.29, 0.717) is 18.9 Å². The molecule has 0 aliphatic heterocycles. The lowest BCUT2D eigenvalue weighted by Gasteiger charge is -2.18. The summed E-state index contributed by atoms with van der Waals surface area (Å²) in [5.41, 5.74) is 4.23. The Balaban J connectivity index is 1.60. The molecule has 5 nitrogen and oxygen atoms in total. The molecule has 0 bridgehead atoms. The third kappa shape index (κ3) is 7.44. The van der Waals surface area contributed by atoms with Gasteiger partial charge in [-0.2, -0.15) is 0 Å². The van der Waals surface area contributed by atoms with Crippen LogP contribution in [0.15, 0.2) is 72.8 Å². The van der Waals surface area contributed by atoms with Gasteiger partial charge >= 0.3 is 5.97 Å². The Morgan fingerprint density at radius 1 is 0.971 bits per heavy atom. The molecule has 34 heavy (non-hydrogen) atoms. The molecule has 0 saturated heterocycles. The Morgan fingerprint density at radius 3 is 2.35 bits per heavy atom. The summed E-state index contributed by atoms with van der Waals surface area (Å²) in [6.07, 6.45) is 3.36. The number of unbranched alkanes of at least 4 members (excludes halogenated alkanes) is 2. The zero-order valence-electron chi connectivity index (χ0n) is 20.0. The van der Waals surface area contributed by atoms with Gasteiger partial charge in [-0.05, 0) is 54.2 Å². The van der Waals surface area contributed by atoms with Crippen LogP contribution in [-0.4, -0.2) is 35.4 Å². The van der Waals surface area contributed by atoms with Gasteiger partial charge in [-0.15, -0.1) is 0 Å². The Hall–Kier alpha value is -3.15. The number of benzene rings is 3. The van der Waals surface area contributed by atoms with Gasteiger partial charge in [-0.25, -0.2) is 4.79 Å². The maximum absolute atomic E-state index is 11.6. The summed E-state index contributed by atoms with van der Waals surface area (Å²) in [7, 11) is 0. The molecule has 0 aromatic heterocycles. The van der Waals surface area contributed by atoms with Crippen molar-refractivity contribution < 1.29 is 19.7 Å².